The third-order valence-electron chi connectivity index (χ3n) is 2.40. The molecule has 0 aliphatic carbocycles. The SMILES string of the molecule is O=S1C=Nc2ccc(CCCCO)cc21. The van der Waals surface area contributed by atoms with Crippen LogP contribution in [0.3, 0.4) is 0 Å². The molecule has 1 atom stereocenters. The topological polar surface area (TPSA) is 49.7 Å². The van der Waals surface area contributed by atoms with Crippen molar-refractivity contribution in [3.63, 3.8) is 0 Å². The second kappa shape index (κ2) is 4.68. The molecule has 0 radical (unpaired) electrons. The predicted octanol–water partition coefficient (Wildman–Crippen LogP) is 1.78. The quantitative estimate of drug-likeness (QED) is 0.791. The largest absolute Gasteiger partial charge is 0.396 e. The Morgan fingerprint density at radius 3 is 3.00 bits per heavy atom. The number of benzene rings is 1. The third-order valence-corrected chi connectivity index (χ3v) is 3.46. The van der Waals surface area contributed by atoms with Gasteiger partial charge in [0, 0.05) is 6.61 Å². The lowest BCUT2D eigenvalue weighted by Gasteiger charge is -2.02. The zero-order valence-electron chi connectivity index (χ0n) is 8.35. The maximum Gasteiger partial charge on any atom is 0.0984 e. The Hall–Kier alpha value is -1.00. The van der Waals surface area contributed by atoms with Gasteiger partial charge in [0.05, 0.1) is 26.9 Å². The number of aliphatic hydroxyl groups is 1. The van der Waals surface area contributed by atoms with Crippen molar-refractivity contribution in [2.24, 2.45) is 4.99 Å². The van der Waals surface area contributed by atoms with Crippen molar-refractivity contribution in [3.05, 3.63) is 23.8 Å². The molecule has 1 aliphatic heterocycles. The number of hydrogen-bond acceptors (Lipinski definition) is 3. The first-order chi connectivity index (χ1) is 7.31. The van der Waals surface area contributed by atoms with Gasteiger partial charge in [-0.1, -0.05) is 6.07 Å². The van der Waals surface area contributed by atoms with Gasteiger partial charge in [-0.2, -0.15) is 0 Å². The molecule has 0 saturated heterocycles. The molecule has 1 aromatic rings. The molecule has 1 unspecified atom stereocenters. The Labute approximate surface area is 91.3 Å². The Morgan fingerprint density at radius 1 is 1.33 bits per heavy atom. The fourth-order valence-electron chi connectivity index (χ4n) is 1.58. The van der Waals surface area contributed by atoms with E-state index < -0.39 is 10.8 Å². The maximum absolute atomic E-state index is 11.5. The first-order valence-electron chi connectivity index (χ1n) is 5.00. The van der Waals surface area contributed by atoms with E-state index in [0.29, 0.717) is 0 Å². The van der Waals surface area contributed by atoms with Gasteiger partial charge in [-0.05, 0) is 37.0 Å². The van der Waals surface area contributed by atoms with Crippen LogP contribution >= 0.6 is 0 Å². The van der Waals surface area contributed by atoms with E-state index in [2.05, 4.69) is 4.99 Å². The van der Waals surface area contributed by atoms with Crippen LogP contribution in [0, 0.1) is 0 Å². The smallest absolute Gasteiger partial charge is 0.0984 e. The Bertz CT molecular complexity index is 415. The Kier molecular flexibility index (Phi) is 3.28. The fourth-order valence-corrected chi connectivity index (χ4v) is 2.50. The molecule has 0 spiro atoms. The molecule has 0 aromatic heterocycles. The summed E-state index contributed by atoms with van der Waals surface area (Å²) < 4.78 is 11.5. The van der Waals surface area contributed by atoms with Gasteiger partial charge in [0.2, 0.25) is 0 Å². The second-order valence-corrected chi connectivity index (χ2v) is 4.76. The standard InChI is InChI=1S/C11H13NO2S/c13-6-2-1-3-9-4-5-10-11(7-9)15(14)8-12-10/h4-5,7-8,13H,1-3,6H2. The lowest BCUT2D eigenvalue weighted by molar-refractivity contribution is 0.284. The number of aryl methyl sites for hydroxylation is 1. The van der Waals surface area contributed by atoms with Crippen LogP contribution in [-0.2, 0) is 17.2 Å². The molecule has 1 N–H and O–H groups in total. The van der Waals surface area contributed by atoms with Crippen molar-refractivity contribution in [2.45, 2.75) is 24.2 Å². The molecule has 0 amide bonds. The van der Waals surface area contributed by atoms with Crippen LogP contribution in [0.5, 0.6) is 0 Å². The summed E-state index contributed by atoms with van der Waals surface area (Å²) in [4.78, 5) is 4.87. The molecule has 80 valence electrons. The van der Waals surface area contributed by atoms with Crippen molar-refractivity contribution >= 4 is 22.0 Å². The van der Waals surface area contributed by atoms with Crippen LogP contribution in [0.4, 0.5) is 5.69 Å². The molecule has 0 saturated carbocycles. The first kappa shape index (κ1) is 10.5. The lowest BCUT2D eigenvalue weighted by Crippen LogP contribution is -1.91. The zero-order valence-corrected chi connectivity index (χ0v) is 9.17. The van der Waals surface area contributed by atoms with Gasteiger partial charge in [0.1, 0.15) is 0 Å². The average Bonchev–Trinajstić information content (AvgIpc) is 2.61. The summed E-state index contributed by atoms with van der Waals surface area (Å²) in [6, 6.07) is 5.87. The molecule has 15 heavy (non-hydrogen) atoms. The van der Waals surface area contributed by atoms with E-state index in [1.165, 1.54) is 11.1 Å². The Morgan fingerprint density at radius 2 is 2.20 bits per heavy atom. The summed E-state index contributed by atoms with van der Waals surface area (Å²) in [7, 11) is -1.06. The lowest BCUT2D eigenvalue weighted by atomic mass is 10.1. The van der Waals surface area contributed by atoms with E-state index in [9.17, 15) is 4.21 Å². The number of aliphatic imine (C=N–C) groups is 1. The highest BCUT2D eigenvalue weighted by Gasteiger charge is 2.13. The van der Waals surface area contributed by atoms with Crippen molar-refractivity contribution < 1.29 is 9.32 Å². The normalized spacial score (nSPS) is 18.1. The molecular weight excluding hydrogens is 210 g/mol. The van der Waals surface area contributed by atoms with E-state index >= 15 is 0 Å². The highest BCUT2D eigenvalue weighted by molar-refractivity contribution is 7.99. The molecule has 3 nitrogen and oxygen atoms in total. The number of aliphatic hydroxyl groups excluding tert-OH is 1. The molecule has 4 heteroatoms. The van der Waals surface area contributed by atoms with E-state index in [4.69, 9.17) is 5.11 Å². The minimum atomic E-state index is -1.06. The number of hydrogen-bond donors (Lipinski definition) is 1. The molecule has 1 heterocycles. The van der Waals surface area contributed by atoms with Crippen LogP contribution in [0.2, 0.25) is 0 Å². The van der Waals surface area contributed by atoms with Crippen molar-refractivity contribution in [1.29, 1.82) is 0 Å². The van der Waals surface area contributed by atoms with Gasteiger partial charge in [-0.25, -0.2) is 9.20 Å². The van der Waals surface area contributed by atoms with Gasteiger partial charge in [-0.3, -0.25) is 0 Å². The van der Waals surface area contributed by atoms with Crippen LogP contribution in [0.15, 0.2) is 28.1 Å². The van der Waals surface area contributed by atoms with Gasteiger partial charge >= 0.3 is 0 Å². The van der Waals surface area contributed by atoms with Gasteiger partial charge in [0.15, 0.2) is 0 Å². The third kappa shape index (κ3) is 2.33. The first-order valence-corrected chi connectivity index (χ1v) is 6.21. The zero-order chi connectivity index (χ0) is 10.7. The van der Waals surface area contributed by atoms with Crippen molar-refractivity contribution in [1.82, 2.24) is 0 Å². The summed E-state index contributed by atoms with van der Waals surface area (Å²) in [5, 5.41) is 8.67. The summed E-state index contributed by atoms with van der Waals surface area (Å²) in [5.74, 6) is 0. The molecule has 0 bridgehead atoms. The van der Waals surface area contributed by atoms with Crippen LogP contribution in [-0.4, -0.2) is 21.5 Å². The monoisotopic (exact) mass is 223 g/mol. The number of rotatable bonds is 4. The van der Waals surface area contributed by atoms with Crippen LogP contribution in [0.1, 0.15) is 18.4 Å². The fraction of sp³-hybridized carbons (Fsp3) is 0.364. The molecule has 2 rings (SSSR count). The average molecular weight is 223 g/mol. The van der Waals surface area contributed by atoms with Crippen LogP contribution in [0.25, 0.3) is 0 Å². The summed E-state index contributed by atoms with van der Waals surface area (Å²) in [5.41, 5.74) is 3.46. The van der Waals surface area contributed by atoms with Crippen molar-refractivity contribution in [3.8, 4) is 0 Å². The number of fused-ring (bicyclic) bond motifs is 1. The molecular formula is C11H13NO2S. The van der Waals surface area contributed by atoms with Gasteiger partial charge < -0.3 is 5.11 Å². The highest BCUT2D eigenvalue weighted by atomic mass is 32.2. The Balaban J connectivity index is 2.10. The minimum Gasteiger partial charge on any atom is -0.396 e. The maximum atomic E-state index is 11.5. The summed E-state index contributed by atoms with van der Waals surface area (Å²) in [6.07, 6.45) is 2.70. The minimum absolute atomic E-state index is 0.236. The van der Waals surface area contributed by atoms with Crippen molar-refractivity contribution in [2.75, 3.05) is 6.61 Å². The number of unbranched alkanes of at least 4 members (excludes halogenated alkanes) is 1. The van der Waals surface area contributed by atoms with E-state index in [1.807, 2.05) is 18.2 Å². The molecule has 0 fully saturated rings. The number of nitrogens with zero attached hydrogens (tertiary/aromatic N) is 1. The summed E-state index contributed by atoms with van der Waals surface area (Å²) >= 11 is 0. The van der Waals surface area contributed by atoms with Crippen LogP contribution < -0.4 is 0 Å². The predicted molar refractivity (Wildman–Crippen MR) is 61.0 cm³/mol. The van der Waals surface area contributed by atoms with Gasteiger partial charge in [-0.15, -0.1) is 0 Å². The molecule has 1 aliphatic rings. The summed E-state index contributed by atoms with van der Waals surface area (Å²) in [6.45, 7) is 0.236. The van der Waals surface area contributed by atoms with E-state index in [1.54, 1.807) is 0 Å². The van der Waals surface area contributed by atoms with E-state index in [0.717, 1.165) is 29.8 Å². The second-order valence-electron chi connectivity index (χ2n) is 3.51. The van der Waals surface area contributed by atoms with Gasteiger partial charge in [0.25, 0.3) is 0 Å². The van der Waals surface area contributed by atoms with E-state index in [-0.39, 0.29) is 6.61 Å². The molecule has 1 aromatic carbocycles. The highest BCUT2D eigenvalue weighted by Crippen LogP contribution is 2.28.